The van der Waals surface area contributed by atoms with Crippen LogP contribution in [-0.2, 0) is 6.61 Å². The Morgan fingerprint density at radius 2 is 1.63 bits per heavy atom. The van der Waals surface area contributed by atoms with Crippen molar-refractivity contribution in [3.63, 3.8) is 0 Å². The van der Waals surface area contributed by atoms with E-state index in [1.807, 2.05) is 91.9 Å². The zero-order valence-corrected chi connectivity index (χ0v) is 16.7. The minimum Gasteiger partial charge on any atom is -0.488 e. The average Bonchev–Trinajstić information content (AvgIpc) is 2.79. The Kier molecular flexibility index (Phi) is 5.85. The number of carbonyl (C=O) groups excluding carboxylic acids is 1. The van der Waals surface area contributed by atoms with E-state index < -0.39 is 0 Å². The maximum atomic E-state index is 12.5. The minimum atomic E-state index is -0.239. The highest BCUT2D eigenvalue weighted by Gasteiger charge is 2.09. The predicted molar refractivity (Wildman–Crippen MR) is 121 cm³/mol. The smallest absolute Gasteiger partial charge is 0.271 e. The van der Waals surface area contributed by atoms with E-state index in [1.54, 1.807) is 12.3 Å². The molecule has 30 heavy (non-hydrogen) atoms. The van der Waals surface area contributed by atoms with Gasteiger partial charge in [0.1, 0.15) is 12.4 Å². The number of nitrogens with zero attached hydrogens (tertiary/aromatic N) is 1. The second-order valence-corrected chi connectivity index (χ2v) is 6.99. The molecule has 0 fully saturated rings. The number of carbonyl (C=O) groups is 1. The molecule has 0 heterocycles. The van der Waals surface area contributed by atoms with Crippen molar-refractivity contribution in [1.29, 1.82) is 0 Å². The van der Waals surface area contributed by atoms with Crippen molar-refractivity contribution in [1.82, 2.24) is 5.43 Å². The number of aryl methyl sites for hydroxylation is 1. The fourth-order valence-electron chi connectivity index (χ4n) is 3.31. The molecule has 1 amide bonds. The lowest BCUT2D eigenvalue weighted by atomic mass is 10.0. The summed E-state index contributed by atoms with van der Waals surface area (Å²) in [6, 6.07) is 29.4. The van der Waals surface area contributed by atoms with E-state index in [-0.39, 0.29) is 5.91 Å². The number of hydrazone groups is 1. The summed E-state index contributed by atoms with van der Waals surface area (Å²) in [5, 5.41) is 6.31. The molecule has 0 radical (unpaired) electrons. The normalized spacial score (nSPS) is 11.0. The van der Waals surface area contributed by atoms with Gasteiger partial charge in [0.25, 0.3) is 5.91 Å². The number of ether oxygens (including phenoxy) is 1. The molecule has 1 N–H and O–H groups in total. The molecule has 4 aromatic rings. The molecular weight excluding hydrogens is 372 g/mol. The minimum absolute atomic E-state index is 0.239. The van der Waals surface area contributed by atoms with Gasteiger partial charge in [-0.25, -0.2) is 5.43 Å². The van der Waals surface area contributed by atoms with Gasteiger partial charge in [-0.15, -0.1) is 0 Å². The number of rotatable bonds is 6. The van der Waals surface area contributed by atoms with Gasteiger partial charge >= 0.3 is 0 Å². The van der Waals surface area contributed by atoms with E-state index in [9.17, 15) is 4.79 Å². The third-order valence-electron chi connectivity index (χ3n) is 4.92. The summed E-state index contributed by atoms with van der Waals surface area (Å²) in [7, 11) is 0. The molecule has 0 aromatic heterocycles. The van der Waals surface area contributed by atoms with Crippen LogP contribution < -0.4 is 10.2 Å². The van der Waals surface area contributed by atoms with Crippen LogP contribution in [0.1, 0.15) is 27.0 Å². The average molecular weight is 394 g/mol. The van der Waals surface area contributed by atoms with Gasteiger partial charge < -0.3 is 4.74 Å². The van der Waals surface area contributed by atoms with E-state index >= 15 is 0 Å². The van der Waals surface area contributed by atoms with Gasteiger partial charge in [0.15, 0.2) is 0 Å². The van der Waals surface area contributed by atoms with Crippen molar-refractivity contribution in [2.24, 2.45) is 5.10 Å². The van der Waals surface area contributed by atoms with Crippen LogP contribution in [0.4, 0.5) is 0 Å². The van der Waals surface area contributed by atoms with E-state index in [2.05, 4.69) is 10.5 Å². The first-order chi connectivity index (χ1) is 14.7. The molecule has 0 spiro atoms. The van der Waals surface area contributed by atoms with Gasteiger partial charge in [-0.1, -0.05) is 78.9 Å². The maximum Gasteiger partial charge on any atom is 0.271 e. The summed E-state index contributed by atoms with van der Waals surface area (Å²) in [5.74, 6) is 0.475. The molecule has 0 aliphatic rings. The molecule has 0 aliphatic carbocycles. The van der Waals surface area contributed by atoms with Gasteiger partial charge in [-0.2, -0.15) is 5.10 Å². The summed E-state index contributed by atoms with van der Waals surface area (Å²) >= 11 is 0. The first kappa shape index (κ1) is 19.4. The highest BCUT2D eigenvalue weighted by atomic mass is 16.5. The van der Waals surface area contributed by atoms with Gasteiger partial charge in [0, 0.05) is 11.1 Å². The van der Waals surface area contributed by atoms with Crippen LogP contribution >= 0.6 is 0 Å². The first-order valence-electron chi connectivity index (χ1n) is 9.80. The summed E-state index contributed by atoms with van der Waals surface area (Å²) in [6.45, 7) is 2.36. The molecule has 4 aromatic carbocycles. The van der Waals surface area contributed by atoms with Gasteiger partial charge in [0.2, 0.25) is 0 Å². The molecular formula is C26H22N2O2. The Balaban J connectivity index is 1.60. The lowest BCUT2D eigenvalue weighted by Crippen LogP contribution is -2.18. The Morgan fingerprint density at radius 3 is 2.47 bits per heavy atom. The Labute approximate surface area is 175 Å². The number of fused-ring (bicyclic) bond motifs is 1. The second kappa shape index (κ2) is 9.05. The summed E-state index contributed by atoms with van der Waals surface area (Å²) < 4.78 is 6.09. The van der Waals surface area contributed by atoms with Crippen molar-refractivity contribution < 1.29 is 9.53 Å². The second-order valence-electron chi connectivity index (χ2n) is 6.99. The van der Waals surface area contributed by atoms with Crippen LogP contribution in [0.25, 0.3) is 10.8 Å². The topological polar surface area (TPSA) is 50.7 Å². The van der Waals surface area contributed by atoms with E-state index in [1.165, 1.54) is 0 Å². The molecule has 4 rings (SSSR count). The molecule has 0 bridgehead atoms. The Hall–Kier alpha value is -3.92. The molecule has 4 heteroatoms. The molecule has 0 saturated heterocycles. The van der Waals surface area contributed by atoms with Crippen molar-refractivity contribution in [3.8, 4) is 5.75 Å². The largest absolute Gasteiger partial charge is 0.488 e. The Morgan fingerprint density at radius 1 is 0.900 bits per heavy atom. The Bertz CT molecular complexity index is 1200. The standard InChI is InChI=1S/C26H22N2O2/c1-19-9-5-7-13-22(19)26(29)28-27-17-24-23-14-8-6-12-21(23)15-16-25(24)30-18-20-10-3-2-4-11-20/h2-17H,18H2,1H3,(H,28,29)/b27-17+. The molecule has 4 nitrogen and oxygen atoms in total. The quantitative estimate of drug-likeness (QED) is 0.347. The van der Waals surface area contributed by atoms with Crippen LogP contribution in [0, 0.1) is 6.92 Å². The summed E-state index contributed by atoms with van der Waals surface area (Å²) in [4.78, 5) is 12.5. The zero-order chi connectivity index (χ0) is 20.8. The highest BCUT2D eigenvalue weighted by molar-refractivity contribution is 6.03. The molecule has 0 aliphatic heterocycles. The van der Waals surface area contributed by atoms with E-state index in [0.717, 1.165) is 27.5 Å². The van der Waals surface area contributed by atoms with Crippen molar-refractivity contribution in [2.75, 3.05) is 0 Å². The van der Waals surface area contributed by atoms with Gasteiger partial charge in [-0.3, -0.25) is 4.79 Å². The van der Waals surface area contributed by atoms with E-state index in [0.29, 0.717) is 17.9 Å². The SMILES string of the molecule is Cc1ccccc1C(=O)N/N=C/c1c(OCc2ccccc2)ccc2ccccc12. The lowest BCUT2D eigenvalue weighted by Gasteiger charge is -2.12. The fourth-order valence-corrected chi connectivity index (χ4v) is 3.31. The number of hydrogen-bond donors (Lipinski definition) is 1. The predicted octanol–water partition coefficient (Wildman–Crippen LogP) is 5.49. The van der Waals surface area contributed by atoms with Crippen molar-refractivity contribution >= 4 is 22.9 Å². The highest BCUT2D eigenvalue weighted by Crippen LogP contribution is 2.27. The number of benzene rings is 4. The van der Waals surface area contributed by atoms with Crippen LogP contribution in [0.3, 0.4) is 0 Å². The third-order valence-corrected chi connectivity index (χ3v) is 4.92. The van der Waals surface area contributed by atoms with Gasteiger partial charge in [0.05, 0.1) is 6.21 Å². The monoisotopic (exact) mass is 394 g/mol. The number of amides is 1. The molecule has 0 saturated carbocycles. The lowest BCUT2D eigenvalue weighted by molar-refractivity contribution is 0.0954. The zero-order valence-electron chi connectivity index (χ0n) is 16.7. The molecule has 148 valence electrons. The number of hydrogen-bond acceptors (Lipinski definition) is 3. The van der Waals surface area contributed by atoms with Gasteiger partial charge in [-0.05, 0) is 41.0 Å². The third kappa shape index (κ3) is 4.39. The van der Waals surface area contributed by atoms with Crippen molar-refractivity contribution in [2.45, 2.75) is 13.5 Å². The van der Waals surface area contributed by atoms with E-state index in [4.69, 9.17) is 4.74 Å². The molecule has 0 unspecified atom stereocenters. The fraction of sp³-hybridized carbons (Fsp3) is 0.0769. The van der Waals surface area contributed by atoms with Crippen LogP contribution in [0.5, 0.6) is 5.75 Å². The first-order valence-corrected chi connectivity index (χ1v) is 9.80. The number of nitrogens with one attached hydrogen (secondary N) is 1. The van der Waals surface area contributed by atoms with Crippen molar-refractivity contribution in [3.05, 3.63) is 113 Å². The summed E-state index contributed by atoms with van der Waals surface area (Å²) in [6.07, 6.45) is 1.65. The molecule has 0 atom stereocenters. The van der Waals surface area contributed by atoms with Crippen LogP contribution in [-0.4, -0.2) is 12.1 Å². The van der Waals surface area contributed by atoms with Crippen LogP contribution in [0.2, 0.25) is 0 Å². The van der Waals surface area contributed by atoms with Crippen LogP contribution in [0.15, 0.2) is 96.1 Å². The summed E-state index contributed by atoms with van der Waals surface area (Å²) in [5.41, 5.74) is 6.05. The maximum absolute atomic E-state index is 12.5.